The van der Waals surface area contributed by atoms with Crippen LogP contribution in [0.4, 0.5) is 0 Å². The summed E-state index contributed by atoms with van der Waals surface area (Å²) in [5.41, 5.74) is 5.24. The van der Waals surface area contributed by atoms with Crippen molar-refractivity contribution in [3.63, 3.8) is 0 Å². The first-order chi connectivity index (χ1) is 7.47. The van der Waals surface area contributed by atoms with E-state index in [4.69, 9.17) is 5.73 Å². The first-order valence-corrected chi connectivity index (χ1v) is 6.83. The van der Waals surface area contributed by atoms with Crippen LogP contribution >= 0.6 is 27.3 Å². The van der Waals surface area contributed by atoms with E-state index in [1.165, 1.54) is 4.88 Å². The molecule has 0 saturated carbocycles. The van der Waals surface area contributed by atoms with Gasteiger partial charge in [-0.25, -0.2) is 0 Å². The molecule has 0 aromatic carbocycles. The smallest absolute Gasteiger partial charge is 0.231 e. The number of rotatable bonds is 6. The summed E-state index contributed by atoms with van der Waals surface area (Å²) in [7, 11) is 0. The quantitative estimate of drug-likeness (QED) is 0.877. The van der Waals surface area contributed by atoms with Crippen molar-refractivity contribution in [2.24, 2.45) is 11.7 Å². The monoisotopic (exact) mass is 304 g/mol. The highest BCUT2D eigenvalue weighted by atomic mass is 79.9. The summed E-state index contributed by atoms with van der Waals surface area (Å²) >= 11 is 5.13. The van der Waals surface area contributed by atoms with Crippen LogP contribution < -0.4 is 5.73 Å². The van der Waals surface area contributed by atoms with Crippen LogP contribution in [0.3, 0.4) is 0 Å². The van der Waals surface area contributed by atoms with Gasteiger partial charge in [-0.15, -0.1) is 11.3 Å². The number of hydrogen-bond acceptors (Lipinski definition) is 3. The highest BCUT2D eigenvalue weighted by Gasteiger charge is 2.11. The second-order valence-corrected chi connectivity index (χ2v) is 6.78. The van der Waals surface area contributed by atoms with E-state index in [1.807, 2.05) is 6.07 Å². The summed E-state index contributed by atoms with van der Waals surface area (Å²) in [5, 5.41) is 0. The normalized spacial score (nSPS) is 11.3. The van der Waals surface area contributed by atoms with Crippen molar-refractivity contribution in [2.45, 2.75) is 20.4 Å². The van der Waals surface area contributed by atoms with Crippen LogP contribution in [-0.2, 0) is 11.3 Å². The molecular weight excluding hydrogens is 288 g/mol. The average Bonchev–Trinajstić information content (AvgIpc) is 2.48. The fourth-order valence-electron chi connectivity index (χ4n) is 1.58. The van der Waals surface area contributed by atoms with E-state index < -0.39 is 0 Å². The maximum absolute atomic E-state index is 11.0. The molecule has 1 heterocycles. The lowest BCUT2D eigenvalue weighted by Crippen LogP contribution is -2.35. The van der Waals surface area contributed by atoms with Gasteiger partial charge in [0.15, 0.2) is 0 Å². The van der Waals surface area contributed by atoms with Crippen LogP contribution in [-0.4, -0.2) is 23.9 Å². The Labute approximate surface area is 109 Å². The molecule has 0 aliphatic carbocycles. The van der Waals surface area contributed by atoms with Crippen LogP contribution in [0.1, 0.15) is 18.7 Å². The zero-order valence-corrected chi connectivity index (χ0v) is 12.0. The molecule has 1 rings (SSSR count). The fourth-order valence-corrected chi connectivity index (χ4v) is 3.10. The molecule has 0 fully saturated rings. The van der Waals surface area contributed by atoms with Crippen LogP contribution in [0.25, 0.3) is 0 Å². The standard InChI is InChI=1S/C11H17BrN2OS/c1-8(2)5-14(7-11(13)15)6-9-3-4-10(12)16-9/h3-4,8H,5-7H2,1-2H3,(H2,13,15). The van der Waals surface area contributed by atoms with E-state index in [2.05, 4.69) is 40.7 Å². The van der Waals surface area contributed by atoms with Crippen LogP contribution in [0.5, 0.6) is 0 Å². The first kappa shape index (κ1) is 13.7. The number of primary amides is 1. The molecule has 0 radical (unpaired) electrons. The van der Waals surface area contributed by atoms with E-state index in [0.29, 0.717) is 12.5 Å². The van der Waals surface area contributed by atoms with Gasteiger partial charge in [0.05, 0.1) is 10.3 Å². The van der Waals surface area contributed by atoms with Gasteiger partial charge in [-0.05, 0) is 34.0 Å². The third kappa shape index (κ3) is 5.09. The second kappa shape index (κ2) is 6.37. The van der Waals surface area contributed by atoms with E-state index in [-0.39, 0.29) is 5.91 Å². The topological polar surface area (TPSA) is 46.3 Å². The van der Waals surface area contributed by atoms with Crippen LogP contribution in [0.2, 0.25) is 0 Å². The van der Waals surface area contributed by atoms with E-state index in [9.17, 15) is 4.79 Å². The highest BCUT2D eigenvalue weighted by molar-refractivity contribution is 9.11. The summed E-state index contributed by atoms with van der Waals surface area (Å²) in [5.74, 6) is 0.263. The molecule has 0 saturated heterocycles. The molecule has 16 heavy (non-hydrogen) atoms. The minimum atomic E-state index is -0.267. The molecule has 1 amide bonds. The van der Waals surface area contributed by atoms with Gasteiger partial charge in [0.1, 0.15) is 0 Å². The molecule has 5 heteroatoms. The number of hydrogen-bond donors (Lipinski definition) is 1. The minimum absolute atomic E-state index is 0.267. The maximum atomic E-state index is 11.0. The number of nitrogens with two attached hydrogens (primary N) is 1. The van der Waals surface area contributed by atoms with Crippen molar-refractivity contribution in [1.82, 2.24) is 4.90 Å². The highest BCUT2D eigenvalue weighted by Crippen LogP contribution is 2.23. The Bertz CT molecular complexity index is 352. The van der Waals surface area contributed by atoms with Gasteiger partial charge >= 0.3 is 0 Å². The van der Waals surface area contributed by atoms with E-state index >= 15 is 0 Å². The molecular formula is C11H17BrN2OS. The summed E-state index contributed by atoms with van der Waals surface area (Å²) in [6.45, 7) is 6.28. The lowest BCUT2D eigenvalue weighted by molar-refractivity contribution is -0.119. The second-order valence-electron chi connectivity index (χ2n) is 4.24. The minimum Gasteiger partial charge on any atom is -0.369 e. The Hall–Kier alpha value is -0.390. The molecule has 0 atom stereocenters. The Morgan fingerprint density at radius 3 is 2.69 bits per heavy atom. The number of amides is 1. The predicted octanol–water partition coefficient (Wildman–Crippen LogP) is 2.45. The van der Waals surface area contributed by atoms with Gasteiger partial charge in [0.25, 0.3) is 0 Å². The van der Waals surface area contributed by atoms with Crippen molar-refractivity contribution in [1.29, 1.82) is 0 Å². The van der Waals surface area contributed by atoms with Gasteiger partial charge in [0, 0.05) is 18.0 Å². The molecule has 2 N–H and O–H groups in total. The van der Waals surface area contributed by atoms with Gasteiger partial charge in [0.2, 0.25) is 5.91 Å². The molecule has 0 aliphatic rings. The predicted molar refractivity (Wildman–Crippen MR) is 71.3 cm³/mol. The molecule has 1 aromatic heterocycles. The zero-order chi connectivity index (χ0) is 12.1. The SMILES string of the molecule is CC(C)CN(CC(N)=O)Cc1ccc(Br)s1. The number of nitrogens with zero attached hydrogens (tertiary/aromatic N) is 1. The van der Waals surface area contributed by atoms with Crippen molar-refractivity contribution in [2.75, 3.05) is 13.1 Å². The molecule has 0 bridgehead atoms. The average molecular weight is 305 g/mol. The molecule has 90 valence electrons. The maximum Gasteiger partial charge on any atom is 0.231 e. The number of carbonyl (C=O) groups is 1. The lowest BCUT2D eigenvalue weighted by Gasteiger charge is -2.21. The van der Waals surface area contributed by atoms with Crippen molar-refractivity contribution in [3.05, 3.63) is 20.8 Å². The van der Waals surface area contributed by atoms with Crippen molar-refractivity contribution < 1.29 is 4.79 Å². The van der Waals surface area contributed by atoms with Gasteiger partial charge < -0.3 is 5.73 Å². The zero-order valence-electron chi connectivity index (χ0n) is 9.57. The Balaban J connectivity index is 2.58. The van der Waals surface area contributed by atoms with Gasteiger partial charge in [-0.3, -0.25) is 9.69 Å². The van der Waals surface area contributed by atoms with Crippen molar-refractivity contribution >= 4 is 33.2 Å². The Morgan fingerprint density at radius 1 is 1.56 bits per heavy atom. The lowest BCUT2D eigenvalue weighted by atomic mass is 10.2. The van der Waals surface area contributed by atoms with E-state index in [0.717, 1.165) is 16.9 Å². The number of thiophene rings is 1. The van der Waals surface area contributed by atoms with E-state index in [1.54, 1.807) is 11.3 Å². The van der Waals surface area contributed by atoms with Gasteiger partial charge in [-0.2, -0.15) is 0 Å². The first-order valence-electron chi connectivity index (χ1n) is 5.22. The van der Waals surface area contributed by atoms with Crippen LogP contribution in [0.15, 0.2) is 15.9 Å². The third-order valence-electron chi connectivity index (χ3n) is 2.01. The molecule has 0 unspecified atom stereocenters. The summed E-state index contributed by atoms with van der Waals surface area (Å²) in [6.07, 6.45) is 0. The van der Waals surface area contributed by atoms with Crippen molar-refractivity contribution in [3.8, 4) is 0 Å². The summed E-state index contributed by atoms with van der Waals surface area (Å²) in [6, 6.07) is 4.10. The Kier molecular flexibility index (Phi) is 5.44. The third-order valence-corrected chi connectivity index (χ3v) is 3.62. The van der Waals surface area contributed by atoms with Crippen LogP contribution in [0, 0.1) is 5.92 Å². The number of halogens is 1. The molecule has 0 aliphatic heterocycles. The summed E-state index contributed by atoms with van der Waals surface area (Å²) < 4.78 is 1.12. The molecule has 0 spiro atoms. The van der Waals surface area contributed by atoms with Gasteiger partial charge in [-0.1, -0.05) is 13.8 Å². The molecule has 1 aromatic rings. The largest absolute Gasteiger partial charge is 0.369 e. The summed E-state index contributed by atoms with van der Waals surface area (Å²) in [4.78, 5) is 14.3. The molecule has 3 nitrogen and oxygen atoms in total. The fraction of sp³-hybridized carbons (Fsp3) is 0.545. The number of carbonyl (C=O) groups excluding carboxylic acids is 1. The Morgan fingerprint density at radius 2 is 2.25 bits per heavy atom.